The van der Waals surface area contributed by atoms with Crippen LogP contribution in [-0.2, 0) is 30.4 Å². The first-order chi connectivity index (χ1) is 14.2. The van der Waals surface area contributed by atoms with Crippen LogP contribution in [0.25, 0.3) is 0 Å². The third-order valence-electron chi connectivity index (χ3n) is 4.66. The highest BCUT2D eigenvalue weighted by molar-refractivity contribution is 5.95. The molecule has 0 aromatic carbocycles. The van der Waals surface area contributed by atoms with Gasteiger partial charge in [0.25, 0.3) is 0 Å². The van der Waals surface area contributed by atoms with E-state index in [9.17, 15) is 29.1 Å². The average molecular weight is 424 g/mol. The maximum atomic E-state index is 12.6. The molecule has 1 aliphatic heterocycles. The van der Waals surface area contributed by atoms with Crippen LogP contribution in [0.3, 0.4) is 0 Å². The molecule has 0 saturated carbocycles. The number of aromatic amines is 1. The molecule has 1 fully saturated rings. The summed E-state index contributed by atoms with van der Waals surface area (Å²) in [5.41, 5.74) is 5.79. The van der Waals surface area contributed by atoms with Gasteiger partial charge in [-0.15, -0.1) is 0 Å². The normalized spacial score (nSPS) is 17.8. The van der Waals surface area contributed by atoms with Gasteiger partial charge in [0.2, 0.25) is 17.7 Å². The first-order valence-electron chi connectivity index (χ1n) is 9.25. The van der Waals surface area contributed by atoms with E-state index in [0.29, 0.717) is 25.1 Å². The van der Waals surface area contributed by atoms with Crippen LogP contribution in [0, 0.1) is 0 Å². The summed E-state index contributed by atoms with van der Waals surface area (Å²) in [6, 6.07) is -3.76. The molecule has 13 heteroatoms. The molecule has 0 spiro atoms. The molecule has 13 nitrogen and oxygen atoms in total. The summed E-state index contributed by atoms with van der Waals surface area (Å²) in [5, 5.41) is 23.0. The Hall–Kier alpha value is -3.48. The number of aromatic nitrogens is 2. The van der Waals surface area contributed by atoms with Crippen molar-refractivity contribution in [2.24, 2.45) is 5.73 Å². The number of nitrogens with one attached hydrogen (secondary N) is 3. The zero-order valence-electron chi connectivity index (χ0n) is 16.0. The summed E-state index contributed by atoms with van der Waals surface area (Å²) in [6.07, 6.45) is 2.77. The lowest BCUT2D eigenvalue weighted by Crippen LogP contribution is -2.56. The Bertz CT molecular complexity index is 797. The third-order valence-corrected chi connectivity index (χ3v) is 4.66. The molecule has 2 heterocycles. The zero-order chi connectivity index (χ0) is 22.3. The average Bonchev–Trinajstić information content (AvgIpc) is 3.37. The number of nitrogens with zero attached hydrogens (tertiary/aromatic N) is 2. The van der Waals surface area contributed by atoms with Crippen molar-refractivity contribution in [2.45, 2.75) is 43.8 Å². The number of hydrogen-bond donors (Lipinski definition) is 6. The molecule has 0 bridgehead atoms. The van der Waals surface area contributed by atoms with Crippen LogP contribution >= 0.6 is 0 Å². The third kappa shape index (κ3) is 6.01. The Labute approximate surface area is 171 Å². The molecule has 3 atom stereocenters. The Morgan fingerprint density at radius 3 is 2.53 bits per heavy atom. The predicted octanol–water partition coefficient (Wildman–Crippen LogP) is -2.57. The molecule has 30 heavy (non-hydrogen) atoms. The van der Waals surface area contributed by atoms with Crippen LogP contribution in [0.1, 0.15) is 25.0 Å². The van der Waals surface area contributed by atoms with E-state index in [1.165, 1.54) is 17.4 Å². The fourth-order valence-electron chi connectivity index (χ4n) is 3.20. The zero-order valence-corrected chi connectivity index (χ0v) is 16.0. The first-order valence-corrected chi connectivity index (χ1v) is 9.25. The number of likely N-dealkylation sites (tertiary alicyclic amines) is 1. The largest absolute Gasteiger partial charge is 0.481 e. The molecule has 3 unspecified atom stereocenters. The van der Waals surface area contributed by atoms with Crippen molar-refractivity contribution in [2.75, 3.05) is 13.1 Å². The van der Waals surface area contributed by atoms with Crippen LogP contribution < -0.4 is 16.4 Å². The maximum Gasteiger partial charge on any atom is 0.326 e. The van der Waals surface area contributed by atoms with Crippen LogP contribution in [0.5, 0.6) is 0 Å². The van der Waals surface area contributed by atoms with E-state index in [0.717, 1.165) is 0 Å². The number of nitrogens with two attached hydrogens (primary N) is 1. The standard InChI is InChI=1S/C17H24N6O7/c18-6-13(24)23-3-1-2-12(23)16(28)21-10(5-14(25)26)15(27)22-11(17(29)30)4-9-7-19-8-20-9/h7-8,10-12H,1-6,18H2,(H,19,20)(H,21,28)(H,22,27)(H,25,26)(H,29,30). The minimum absolute atomic E-state index is 0.115. The van der Waals surface area contributed by atoms with Crippen molar-refractivity contribution in [3.05, 3.63) is 18.2 Å². The number of H-pyrrole nitrogens is 1. The van der Waals surface area contributed by atoms with Crippen LogP contribution in [-0.4, -0.2) is 86.0 Å². The van der Waals surface area contributed by atoms with Gasteiger partial charge in [-0.1, -0.05) is 0 Å². The summed E-state index contributed by atoms with van der Waals surface area (Å²) in [4.78, 5) is 67.4. The van der Waals surface area contributed by atoms with Gasteiger partial charge in [-0.05, 0) is 12.8 Å². The number of carboxylic acids is 2. The Kier molecular flexibility index (Phi) is 7.86. The topological polar surface area (TPSA) is 208 Å². The summed E-state index contributed by atoms with van der Waals surface area (Å²) in [5.74, 6) is -4.80. The van der Waals surface area contributed by atoms with Gasteiger partial charge < -0.3 is 36.5 Å². The second-order valence-electron chi connectivity index (χ2n) is 6.79. The lowest BCUT2D eigenvalue weighted by Gasteiger charge is -2.26. The van der Waals surface area contributed by atoms with Crippen molar-refractivity contribution >= 4 is 29.7 Å². The van der Waals surface area contributed by atoms with E-state index < -0.39 is 54.2 Å². The smallest absolute Gasteiger partial charge is 0.326 e. The minimum atomic E-state index is -1.52. The monoisotopic (exact) mass is 424 g/mol. The first kappa shape index (κ1) is 22.8. The van der Waals surface area contributed by atoms with Gasteiger partial charge in [-0.3, -0.25) is 19.2 Å². The van der Waals surface area contributed by atoms with E-state index >= 15 is 0 Å². The molecular formula is C17H24N6O7. The van der Waals surface area contributed by atoms with E-state index in [1.54, 1.807) is 0 Å². The fourth-order valence-corrected chi connectivity index (χ4v) is 3.20. The number of carbonyl (C=O) groups excluding carboxylic acids is 3. The van der Waals surface area contributed by atoms with Gasteiger partial charge >= 0.3 is 11.9 Å². The fraction of sp³-hybridized carbons (Fsp3) is 0.529. The highest BCUT2D eigenvalue weighted by Gasteiger charge is 2.36. The number of carboxylic acid groups (broad SMARTS) is 2. The SMILES string of the molecule is NCC(=O)N1CCCC1C(=O)NC(CC(=O)O)C(=O)NC(Cc1cnc[nH]1)C(=O)O. The number of carbonyl (C=O) groups is 5. The van der Waals surface area contributed by atoms with Gasteiger partial charge in [0, 0.05) is 24.9 Å². The second kappa shape index (κ2) is 10.3. The van der Waals surface area contributed by atoms with Crippen LogP contribution in [0.15, 0.2) is 12.5 Å². The van der Waals surface area contributed by atoms with Gasteiger partial charge in [-0.25, -0.2) is 9.78 Å². The van der Waals surface area contributed by atoms with Crippen molar-refractivity contribution in [3.8, 4) is 0 Å². The Morgan fingerprint density at radius 2 is 1.97 bits per heavy atom. The molecule has 1 aromatic rings. The minimum Gasteiger partial charge on any atom is -0.481 e. The van der Waals surface area contributed by atoms with E-state index in [4.69, 9.17) is 10.8 Å². The predicted molar refractivity (Wildman–Crippen MR) is 99.8 cm³/mol. The van der Waals surface area contributed by atoms with Crippen LogP contribution in [0.4, 0.5) is 0 Å². The van der Waals surface area contributed by atoms with E-state index in [2.05, 4.69) is 20.6 Å². The van der Waals surface area contributed by atoms with Gasteiger partial charge in [0.05, 0.1) is 19.3 Å². The van der Waals surface area contributed by atoms with Crippen LogP contribution in [0.2, 0.25) is 0 Å². The van der Waals surface area contributed by atoms with Gasteiger partial charge in [-0.2, -0.15) is 0 Å². The lowest BCUT2D eigenvalue weighted by molar-refractivity contribution is -0.144. The van der Waals surface area contributed by atoms with E-state index in [1.807, 2.05) is 0 Å². The van der Waals surface area contributed by atoms with Gasteiger partial charge in [0.15, 0.2) is 0 Å². The summed E-state index contributed by atoms with van der Waals surface area (Å²) in [7, 11) is 0. The molecule has 3 amide bonds. The molecule has 164 valence electrons. The van der Waals surface area contributed by atoms with Crippen molar-refractivity contribution in [3.63, 3.8) is 0 Å². The Balaban J connectivity index is 2.08. The number of amides is 3. The van der Waals surface area contributed by atoms with Crippen molar-refractivity contribution in [1.29, 1.82) is 0 Å². The number of rotatable bonds is 10. The van der Waals surface area contributed by atoms with Crippen molar-refractivity contribution in [1.82, 2.24) is 25.5 Å². The molecule has 2 rings (SSSR count). The maximum absolute atomic E-state index is 12.6. The van der Waals surface area contributed by atoms with Crippen molar-refractivity contribution < 1.29 is 34.2 Å². The second-order valence-corrected chi connectivity index (χ2v) is 6.79. The summed E-state index contributed by atoms with van der Waals surface area (Å²) in [6.45, 7) is 0.0475. The lowest BCUT2D eigenvalue weighted by atomic mass is 10.1. The highest BCUT2D eigenvalue weighted by atomic mass is 16.4. The number of imidazole rings is 1. The molecule has 1 saturated heterocycles. The molecule has 1 aromatic heterocycles. The molecule has 1 aliphatic rings. The molecule has 7 N–H and O–H groups in total. The summed E-state index contributed by atoms with van der Waals surface area (Å²) < 4.78 is 0. The Morgan fingerprint density at radius 1 is 1.23 bits per heavy atom. The molecule has 0 radical (unpaired) electrons. The molecule has 0 aliphatic carbocycles. The summed E-state index contributed by atoms with van der Waals surface area (Å²) >= 11 is 0. The van der Waals surface area contributed by atoms with E-state index in [-0.39, 0.29) is 13.0 Å². The van der Waals surface area contributed by atoms with Gasteiger partial charge in [0.1, 0.15) is 18.1 Å². The quantitative estimate of drug-likeness (QED) is 0.233. The number of aliphatic carboxylic acids is 2. The number of hydrogen-bond acceptors (Lipinski definition) is 7. The highest BCUT2D eigenvalue weighted by Crippen LogP contribution is 2.17. The molecular weight excluding hydrogens is 400 g/mol.